The number of esters is 2. The predicted molar refractivity (Wildman–Crippen MR) is 187 cm³/mol. The molecule has 61 heavy (non-hydrogen) atoms. The predicted octanol–water partition coefficient (Wildman–Crippen LogP) is 8.20. The Kier molecular flexibility index (Phi) is 15.0. The number of hydrogen-bond donors (Lipinski definition) is 3. The number of rotatable bonds is 18. The number of carbonyl (C=O) groups excluding carboxylic acids is 2. The number of carbonyl (C=O) groups is 3. The van der Waals surface area contributed by atoms with E-state index in [0.29, 0.717) is 38.5 Å². The first-order chi connectivity index (χ1) is 27.7. The second-order valence-corrected chi connectivity index (χ2v) is 19.4. The highest BCUT2D eigenvalue weighted by Gasteiger charge is 2.90. The molecule has 0 radical (unpaired) electrons. The van der Waals surface area contributed by atoms with Gasteiger partial charge in [0.25, 0.3) is 0 Å². The summed E-state index contributed by atoms with van der Waals surface area (Å²) in [5, 5.41) is 32.6. The van der Waals surface area contributed by atoms with Gasteiger partial charge in [-0.15, -0.1) is 0 Å². The summed E-state index contributed by atoms with van der Waals surface area (Å²) in [4.78, 5) is 36.1. The minimum absolute atomic E-state index is 0.0224. The molecule has 4 aliphatic rings. The largest absolute Gasteiger partial charge is 0.481 e. The molecule has 3 N–H and O–H groups in total. The van der Waals surface area contributed by atoms with Gasteiger partial charge in [-0.05, 0) is 97.7 Å². The van der Waals surface area contributed by atoms with Gasteiger partial charge in [-0.2, -0.15) is 57.1 Å². The van der Waals surface area contributed by atoms with Gasteiger partial charge in [0.2, 0.25) is 0 Å². The summed E-state index contributed by atoms with van der Waals surface area (Å²) in [6, 6.07) is 0. The molecule has 0 aromatic carbocycles. The first-order valence-corrected chi connectivity index (χ1v) is 21.4. The topological polar surface area (TPSA) is 147 Å². The average molecular weight is 931 g/mol. The van der Waals surface area contributed by atoms with Crippen LogP contribution in [0.15, 0.2) is 0 Å². The minimum Gasteiger partial charge on any atom is -0.481 e. The van der Waals surface area contributed by atoms with E-state index >= 15 is 0 Å². The zero-order valence-corrected chi connectivity index (χ0v) is 34.2. The summed E-state index contributed by atoms with van der Waals surface area (Å²) < 4.78 is 195. The quantitative estimate of drug-likeness (QED) is 0.0915. The Labute approximate surface area is 345 Å². The van der Waals surface area contributed by atoms with Crippen LogP contribution >= 0.6 is 0 Å². The van der Waals surface area contributed by atoms with E-state index in [1.165, 1.54) is 0 Å². The highest BCUT2D eigenvalue weighted by atomic mass is 32.2. The van der Waals surface area contributed by atoms with Crippen molar-refractivity contribution < 1.29 is 100 Å². The number of aliphatic carboxylic acids is 1. The zero-order valence-electron chi connectivity index (χ0n) is 33.4. The molecule has 354 valence electrons. The van der Waals surface area contributed by atoms with Crippen LogP contribution in [0.4, 0.5) is 57.1 Å². The monoisotopic (exact) mass is 930 g/mol. The van der Waals surface area contributed by atoms with Crippen LogP contribution < -0.4 is 0 Å². The summed E-state index contributed by atoms with van der Waals surface area (Å²) in [5.41, 5.74) is -0.782. The van der Waals surface area contributed by atoms with Crippen molar-refractivity contribution >= 4 is 28.7 Å². The van der Waals surface area contributed by atoms with Gasteiger partial charge in [-0.25, -0.2) is 0 Å². The number of carboxylic acids is 1. The maximum Gasteiger partial charge on any atom is 0.460 e. The van der Waals surface area contributed by atoms with Crippen molar-refractivity contribution in [3.05, 3.63) is 0 Å². The molecule has 1 unspecified atom stereocenters. The SMILES string of the molecule is C[C@H](CCC(=O)O)[C@H]1CC[C@H]2[C@@H]3[C@H](O)C[C@@H]4C[C@H](OC(=O)CCC(=O)OCCS(=O)CCC(F)(F)C(F)(F)C(F)(F)C(F)(F)C(F)(F)C(F)(F)F)CC[C@]4(C)[C@H]3C[C@H](O)[C@]12C. The zero-order chi connectivity index (χ0) is 46.5. The number of aliphatic hydroxyl groups excluding tert-OH is 2. The summed E-state index contributed by atoms with van der Waals surface area (Å²) in [6.07, 6.45) is -8.71. The lowest BCUT2D eigenvalue weighted by molar-refractivity contribution is -0.439. The Bertz CT molecular complexity index is 1630. The highest BCUT2D eigenvalue weighted by Crippen LogP contribution is 2.69. The molecule has 0 saturated heterocycles. The number of alkyl halides is 13. The summed E-state index contributed by atoms with van der Waals surface area (Å²) in [6.45, 7) is 5.34. The van der Waals surface area contributed by atoms with Gasteiger partial charge in [0.15, 0.2) is 0 Å². The lowest BCUT2D eigenvalue weighted by Gasteiger charge is -2.63. The first-order valence-electron chi connectivity index (χ1n) is 19.9. The molecule has 0 aromatic rings. The van der Waals surface area contributed by atoms with Crippen LogP contribution in [-0.4, -0.2) is 110 Å². The fourth-order valence-corrected chi connectivity index (χ4v) is 11.8. The number of ether oxygens (including phenoxy) is 2. The van der Waals surface area contributed by atoms with Crippen molar-refractivity contribution in [1.29, 1.82) is 0 Å². The van der Waals surface area contributed by atoms with Crippen LogP contribution in [0.1, 0.15) is 97.8 Å². The van der Waals surface area contributed by atoms with E-state index in [-0.39, 0.29) is 47.3 Å². The van der Waals surface area contributed by atoms with Crippen molar-refractivity contribution in [2.24, 2.45) is 46.3 Å². The molecule has 0 bridgehead atoms. The van der Waals surface area contributed by atoms with E-state index in [4.69, 9.17) is 9.47 Å². The molecule has 4 rings (SSSR count). The number of halogens is 13. The molecule has 4 fully saturated rings. The lowest BCUT2D eigenvalue weighted by Crippen LogP contribution is -2.70. The molecule has 0 aromatic heterocycles. The molecule has 4 saturated carbocycles. The normalized spacial score (nSPS) is 33.5. The van der Waals surface area contributed by atoms with Crippen molar-refractivity contribution in [2.75, 3.05) is 18.1 Å². The standard InChI is InChI=1S/C38H51F13O9S/c1-19(4-7-27(54)55)22-5-6-23-30-24(18-26(53)32(22,23)3)31(2)11-10-21(16-20(31)17-25(30)52)60-29(57)9-8-28(56)59-13-15-61(58)14-12-33(39,40)34(41,42)35(43,44)36(45,46)37(47,48)38(49,50)51/h19-26,30,52-53H,4-18H2,1-3H3,(H,54,55)/t19-,20+,21-,22-,23+,24+,25-,26+,30+,31+,32-,61?/m1/s1. The van der Waals surface area contributed by atoms with Gasteiger partial charge in [-0.3, -0.25) is 18.6 Å². The van der Waals surface area contributed by atoms with Gasteiger partial charge in [0.05, 0.1) is 30.8 Å². The van der Waals surface area contributed by atoms with Crippen LogP contribution in [-0.2, 0) is 34.7 Å². The van der Waals surface area contributed by atoms with Crippen molar-refractivity contribution in [1.82, 2.24) is 0 Å². The van der Waals surface area contributed by atoms with E-state index in [1.54, 1.807) is 0 Å². The summed E-state index contributed by atoms with van der Waals surface area (Å²) in [7, 11) is -2.73. The second kappa shape index (κ2) is 17.9. The molecule has 23 heteroatoms. The third-order valence-corrected chi connectivity index (χ3v) is 15.6. The minimum atomic E-state index is -8.04. The van der Waals surface area contributed by atoms with Crippen LogP contribution in [0.3, 0.4) is 0 Å². The van der Waals surface area contributed by atoms with E-state index in [2.05, 4.69) is 13.8 Å². The van der Waals surface area contributed by atoms with E-state index in [0.717, 1.165) is 12.8 Å². The Morgan fingerprint density at radius 2 is 1.34 bits per heavy atom. The van der Waals surface area contributed by atoms with Crippen molar-refractivity contribution in [3.63, 3.8) is 0 Å². The maximum absolute atomic E-state index is 14.0. The Hall–Kier alpha value is -2.43. The Morgan fingerprint density at radius 1 is 0.754 bits per heavy atom. The molecule has 0 aliphatic heterocycles. The van der Waals surface area contributed by atoms with Crippen LogP contribution in [0.5, 0.6) is 0 Å². The van der Waals surface area contributed by atoms with Crippen molar-refractivity contribution in [3.8, 4) is 0 Å². The number of fused-ring (bicyclic) bond motifs is 5. The molecule has 12 atom stereocenters. The molecule has 9 nitrogen and oxygen atoms in total. The summed E-state index contributed by atoms with van der Waals surface area (Å²) in [5.74, 6) is -43.1. The number of aliphatic hydroxyl groups is 2. The Morgan fingerprint density at radius 3 is 1.93 bits per heavy atom. The van der Waals surface area contributed by atoms with Crippen LogP contribution in [0, 0.1) is 46.3 Å². The average Bonchev–Trinajstić information content (AvgIpc) is 3.50. The second-order valence-electron chi connectivity index (χ2n) is 17.7. The molecule has 4 aliphatic carbocycles. The maximum atomic E-state index is 14.0. The van der Waals surface area contributed by atoms with Gasteiger partial charge < -0.3 is 24.8 Å². The van der Waals surface area contributed by atoms with Crippen molar-refractivity contribution in [2.45, 2.75) is 152 Å². The fourth-order valence-electron chi connectivity index (χ4n) is 10.8. The Balaban J connectivity index is 1.22. The third kappa shape index (κ3) is 9.39. The molecular formula is C38H51F13O9S. The smallest absolute Gasteiger partial charge is 0.460 e. The molecule has 0 spiro atoms. The molecule has 0 heterocycles. The highest BCUT2D eigenvalue weighted by molar-refractivity contribution is 7.84. The number of hydrogen-bond acceptors (Lipinski definition) is 8. The molecular weight excluding hydrogens is 879 g/mol. The lowest BCUT2D eigenvalue weighted by atomic mass is 9.43. The van der Waals surface area contributed by atoms with Gasteiger partial charge in [-0.1, -0.05) is 20.8 Å². The van der Waals surface area contributed by atoms with Gasteiger partial charge in [0, 0.05) is 29.4 Å². The summed E-state index contributed by atoms with van der Waals surface area (Å²) >= 11 is 0. The van der Waals surface area contributed by atoms with Gasteiger partial charge in [0.1, 0.15) is 12.7 Å². The first kappa shape index (κ1) is 51.2. The van der Waals surface area contributed by atoms with Crippen LogP contribution in [0.25, 0.3) is 0 Å². The van der Waals surface area contributed by atoms with E-state index in [1.807, 2.05) is 6.92 Å². The van der Waals surface area contributed by atoms with Crippen LogP contribution in [0.2, 0.25) is 0 Å². The van der Waals surface area contributed by atoms with E-state index < -0.39 is 126 Å². The fraction of sp³-hybridized carbons (Fsp3) is 0.921. The molecule has 0 amide bonds. The number of carboxylic acid groups (broad SMARTS) is 1. The third-order valence-electron chi connectivity index (χ3n) is 14.4. The van der Waals surface area contributed by atoms with Gasteiger partial charge >= 0.3 is 53.7 Å². The van der Waals surface area contributed by atoms with E-state index in [9.17, 15) is 91.0 Å².